The molecule has 0 amide bonds. The summed E-state index contributed by atoms with van der Waals surface area (Å²) in [4.78, 5) is 15.5. The number of carboxylic acids is 1. The fourth-order valence-corrected chi connectivity index (χ4v) is 3.37. The van der Waals surface area contributed by atoms with E-state index in [-0.39, 0.29) is 11.3 Å². The van der Waals surface area contributed by atoms with Crippen LogP contribution in [0.15, 0.2) is 23.4 Å². The molecule has 0 atom stereocenters. The number of carboxylic acid groups (broad SMARTS) is 1. The van der Waals surface area contributed by atoms with Gasteiger partial charge >= 0.3 is 5.97 Å². The minimum Gasteiger partial charge on any atom is -0.481 e. The molecule has 2 aromatic rings. The Hall–Kier alpha value is -1.20. The van der Waals surface area contributed by atoms with Crippen LogP contribution in [0, 0.1) is 0 Å². The quantitative estimate of drug-likeness (QED) is 0.799. The summed E-state index contributed by atoms with van der Waals surface area (Å²) in [6.45, 7) is 6.43. The zero-order valence-electron chi connectivity index (χ0n) is 12.4. The highest BCUT2D eigenvalue weighted by molar-refractivity contribution is 7.99. The summed E-state index contributed by atoms with van der Waals surface area (Å²) in [6.07, 6.45) is 1.87. The van der Waals surface area contributed by atoms with Crippen molar-refractivity contribution in [1.29, 1.82) is 0 Å². The highest BCUT2D eigenvalue weighted by Crippen LogP contribution is 2.35. The summed E-state index contributed by atoms with van der Waals surface area (Å²) in [5.41, 5.74) is 1.70. The number of hydrogen-bond donors (Lipinski definition) is 1. The minimum atomic E-state index is -0.841. The highest BCUT2D eigenvalue weighted by atomic mass is 35.5. The first-order valence-electron chi connectivity index (χ1n) is 6.94. The van der Waals surface area contributed by atoms with Gasteiger partial charge in [-0.25, -0.2) is 4.98 Å². The Morgan fingerprint density at radius 3 is 2.67 bits per heavy atom. The third kappa shape index (κ3) is 3.19. The molecule has 6 heteroatoms. The van der Waals surface area contributed by atoms with Crippen LogP contribution >= 0.6 is 23.4 Å². The van der Waals surface area contributed by atoms with Crippen LogP contribution in [0.25, 0.3) is 11.0 Å². The van der Waals surface area contributed by atoms with Crippen LogP contribution in [0.4, 0.5) is 0 Å². The van der Waals surface area contributed by atoms with E-state index in [9.17, 15) is 4.79 Å². The first-order chi connectivity index (χ1) is 9.91. The van der Waals surface area contributed by atoms with E-state index in [1.54, 1.807) is 0 Å². The van der Waals surface area contributed by atoms with Crippen molar-refractivity contribution in [3.63, 3.8) is 0 Å². The van der Waals surface area contributed by atoms with E-state index >= 15 is 0 Å². The summed E-state index contributed by atoms with van der Waals surface area (Å²) in [5, 5.41) is 10.3. The van der Waals surface area contributed by atoms with Crippen LogP contribution in [0.1, 0.15) is 33.6 Å². The van der Waals surface area contributed by atoms with Crippen molar-refractivity contribution < 1.29 is 9.90 Å². The van der Waals surface area contributed by atoms with Gasteiger partial charge in [0.2, 0.25) is 0 Å². The van der Waals surface area contributed by atoms with Crippen LogP contribution in [0.2, 0.25) is 5.02 Å². The molecule has 0 saturated heterocycles. The lowest BCUT2D eigenvalue weighted by Gasteiger charge is -2.31. The number of nitrogens with zero attached hydrogens (tertiary/aromatic N) is 2. The molecule has 0 aliphatic heterocycles. The SMILES string of the molecule is CCC(C)(CC)n1c(SCC(=O)O)nc2ccc(Cl)cc21. The molecule has 0 saturated carbocycles. The number of benzene rings is 1. The number of aromatic nitrogens is 2. The Bertz CT molecular complexity index is 665. The molecular formula is C15H19ClN2O2S. The Morgan fingerprint density at radius 1 is 1.43 bits per heavy atom. The Morgan fingerprint density at radius 2 is 2.10 bits per heavy atom. The maximum atomic E-state index is 10.9. The van der Waals surface area contributed by atoms with E-state index in [0.29, 0.717) is 5.02 Å². The van der Waals surface area contributed by atoms with Gasteiger partial charge in [0.25, 0.3) is 0 Å². The molecule has 4 nitrogen and oxygen atoms in total. The number of carbonyl (C=O) groups is 1. The predicted octanol–water partition coefficient (Wildman–Crippen LogP) is 4.40. The second kappa shape index (κ2) is 6.28. The molecule has 0 bridgehead atoms. The van der Waals surface area contributed by atoms with Gasteiger partial charge in [0.15, 0.2) is 5.16 Å². The topological polar surface area (TPSA) is 55.1 Å². The van der Waals surface area contributed by atoms with Crippen molar-refractivity contribution in [3.05, 3.63) is 23.2 Å². The van der Waals surface area contributed by atoms with Crippen LogP contribution in [-0.4, -0.2) is 26.4 Å². The minimum absolute atomic E-state index is 0.000558. The maximum absolute atomic E-state index is 10.9. The molecule has 1 N–H and O–H groups in total. The predicted molar refractivity (Wildman–Crippen MR) is 87.3 cm³/mol. The van der Waals surface area contributed by atoms with Crippen molar-refractivity contribution in [1.82, 2.24) is 9.55 Å². The average Bonchev–Trinajstić information content (AvgIpc) is 2.82. The maximum Gasteiger partial charge on any atom is 0.313 e. The molecule has 0 spiro atoms. The van der Waals surface area contributed by atoms with Crippen molar-refractivity contribution in [3.8, 4) is 0 Å². The second-order valence-electron chi connectivity index (χ2n) is 5.25. The smallest absolute Gasteiger partial charge is 0.313 e. The lowest BCUT2D eigenvalue weighted by molar-refractivity contribution is -0.133. The van der Waals surface area contributed by atoms with Gasteiger partial charge < -0.3 is 9.67 Å². The van der Waals surface area contributed by atoms with Gasteiger partial charge in [-0.05, 0) is 38.0 Å². The monoisotopic (exact) mass is 326 g/mol. The van der Waals surface area contributed by atoms with Gasteiger partial charge in [-0.3, -0.25) is 4.79 Å². The van der Waals surface area contributed by atoms with Crippen LogP contribution in [0.3, 0.4) is 0 Å². The zero-order chi connectivity index (χ0) is 15.6. The molecule has 1 aromatic carbocycles. The summed E-state index contributed by atoms with van der Waals surface area (Å²) >= 11 is 7.38. The number of halogens is 1. The van der Waals surface area contributed by atoms with Gasteiger partial charge in [0.05, 0.1) is 16.8 Å². The van der Waals surface area contributed by atoms with E-state index in [1.807, 2.05) is 18.2 Å². The zero-order valence-corrected chi connectivity index (χ0v) is 14.0. The van der Waals surface area contributed by atoms with Crippen LogP contribution in [0.5, 0.6) is 0 Å². The Kier molecular flexibility index (Phi) is 4.84. The van der Waals surface area contributed by atoms with Gasteiger partial charge in [0, 0.05) is 10.6 Å². The van der Waals surface area contributed by atoms with Gasteiger partial charge in [-0.2, -0.15) is 0 Å². The van der Waals surface area contributed by atoms with E-state index in [4.69, 9.17) is 16.7 Å². The fraction of sp³-hybridized carbons (Fsp3) is 0.467. The van der Waals surface area contributed by atoms with Crippen molar-refractivity contribution in [2.45, 2.75) is 44.3 Å². The number of thioether (sulfide) groups is 1. The molecular weight excluding hydrogens is 308 g/mol. The molecule has 2 rings (SSSR count). The molecule has 1 heterocycles. The number of hydrogen-bond acceptors (Lipinski definition) is 3. The van der Waals surface area contributed by atoms with E-state index in [1.165, 1.54) is 11.8 Å². The summed E-state index contributed by atoms with van der Waals surface area (Å²) in [6, 6.07) is 5.59. The third-order valence-electron chi connectivity index (χ3n) is 3.97. The lowest BCUT2D eigenvalue weighted by atomic mass is 9.95. The molecule has 0 aliphatic carbocycles. The summed E-state index contributed by atoms with van der Waals surface area (Å²) in [5.74, 6) is -0.841. The van der Waals surface area contributed by atoms with Crippen molar-refractivity contribution in [2.75, 3.05) is 5.75 Å². The summed E-state index contributed by atoms with van der Waals surface area (Å²) in [7, 11) is 0. The molecule has 1 aromatic heterocycles. The van der Waals surface area contributed by atoms with E-state index in [0.717, 1.165) is 29.0 Å². The highest BCUT2D eigenvalue weighted by Gasteiger charge is 2.28. The second-order valence-corrected chi connectivity index (χ2v) is 6.63. The third-order valence-corrected chi connectivity index (χ3v) is 5.13. The molecule has 0 aliphatic rings. The molecule has 0 fully saturated rings. The summed E-state index contributed by atoms with van der Waals surface area (Å²) < 4.78 is 2.14. The van der Waals surface area contributed by atoms with Gasteiger partial charge in [-0.15, -0.1) is 0 Å². The number of fused-ring (bicyclic) bond motifs is 1. The number of rotatable bonds is 6. The van der Waals surface area contributed by atoms with Crippen molar-refractivity contribution in [2.24, 2.45) is 0 Å². The first kappa shape index (κ1) is 16.2. The van der Waals surface area contributed by atoms with E-state index < -0.39 is 5.97 Å². The molecule has 0 unspecified atom stereocenters. The molecule has 21 heavy (non-hydrogen) atoms. The van der Waals surface area contributed by atoms with Crippen LogP contribution in [-0.2, 0) is 10.3 Å². The van der Waals surface area contributed by atoms with Gasteiger partial charge in [0.1, 0.15) is 0 Å². The Labute approximate surface area is 133 Å². The molecule has 114 valence electrons. The number of imidazole rings is 1. The van der Waals surface area contributed by atoms with Gasteiger partial charge in [-0.1, -0.05) is 37.2 Å². The Balaban J connectivity index is 2.63. The van der Waals surface area contributed by atoms with Crippen LogP contribution < -0.4 is 0 Å². The largest absolute Gasteiger partial charge is 0.481 e. The fourth-order valence-electron chi connectivity index (χ4n) is 2.34. The average molecular weight is 327 g/mol. The molecule has 0 radical (unpaired) electrons. The number of aliphatic carboxylic acids is 1. The standard InChI is InChI=1S/C15H19ClN2O2S/c1-4-15(3,5-2)18-12-8-10(16)6-7-11(12)17-14(18)21-9-13(19)20/h6-8H,4-5,9H2,1-3H3,(H,19,20). The first-order valence-corrected chi connectivity index (χ1v) is 8.30. The van der Waals surface area contributed by atoms with Crippen molar-refractivity contribution >= 4 is 40.4 Å². The van der Waals surface area contributed by atoms with E-state index in [2.05, 4.69) is 30.3 Å². The lowest BCUT2D eigenvalue weighted by Crippen LogP contribution is -2.29. The normalized spacial score (nSPS) is 12.0.